The minimum Gasteiger partial charge on any atom is -0.480 e. The number of aliphatic carboxylic acids is 1. The number of imidazole rings is 1. The van der Waals surface area contributed by atoms with Gasteiger partial charge in [-0.25, -0.2) is 4.98 Å². The third-order valence-electron chi connectivity index (χ3n) is 3.85. The van der Waals surface area contributed by atoms with Crippen molar-refractivity contribution in [3.05, 3.63) is 42.7 Å². The number of nitrogens with zero attached hydrogens (tertiary/aromatic N) is 2. The molecule has 0 aliphatic rings. The lowest BCUT2D eigenvalue weighted by atomic mass is 9.96. The Morgan fingerprint density at radius 2 is 2.10 bits per heavy atom. The summed E-state index contributed by atoms with van der Waals surface area (Å²) in [6, 6.07) is 9.98. The average molecular weight is 287 g/mol. The molecule has 5 heteroatoms. The van der Waals surface area contributed by atoms with E-state index in [2.05, 4.69) is 14.9 Å². The van der Waals surface area contributed by atoms with Gasteiger partial charge in [-0.3, -0.25) is 4.79 Å². The Hall–Kier alpha value is -2.14. The normalized spacial score (nSPS) is 13.8. The number of nitrogens with one attached hydrogen (secondary N) is 1. The molecular formula is C16H21N3O2. The first-order chi connectivity index (χ1) is 10.1. The van der Waals surface area contributed by atoms with Crippen molar-refractivity contribution in [2.45, 2.75) is 31.8 Å². The van der Waals surface area contributed by atoms with Gasteiger partial charge >= 0.3 is 5.97 Å². The van der Waals surface area contributed by atoms with Gasteiger partial charge in [-0.1, -0.05) is 30.3 Å². The second-order valence-corrected chi connectivity index (χ2v) is 5.30. The highest BCUT2D eigenvalue weighted by Crippen LogP contribution is 2.19. The summed E-state index contributed by atoms with van der Waals surface area (Å²) < 4.78 is 2.06. The van der Waals surface area contributed by atoms with Crippen molar-refractivity contribution in [1.82, 2.24) is 14.9 Å². The van der Waals surface area contributed by atoms with Crippen molar-refractivity contribution in [3.63, 3.8) is 0 Å². The number of aromatic nitrogens is 2. The van der Waals surface area contributed by atoms with Crippen molar-refractivity contribution in [3.8, 4) is 11.4 Å². The van der Waals surface area contributed by atoms with Crippen LogP contribution in [0.1, 0.15) is 19.8 Å². The molecule has 1 atom stereocenters. The Morgan fingerprint density at radius 3 is 2.71 bits per heavy atom. The summed E-state index contributed by atoms with van der Waals surface area (Å²) in [6.45, 7) is 2.45. The Labute approximate surface area is 124 Å². The molecule has 1 aromatic heterocycles. The van der Waals surface area contributed by atoms with Crippen LogP contribution < -0.4 is 5.32 Å². The third kappa shape index (κ3) is 3.49. The molecule has 0 aliphatic carbocycles. The number of aryl methyl sites for hydroxylation is 1. The predicted molar refractivity (Wildman–Crippen MR) is 82.0 cm³/mol. The Kier molecular flexibility index (Phi) is 4.75. The minimum atomic E-state index is -0.881. The van der Waals surface area contributed by atoms with Gasteiger partial charge in [-0.2, -0.15) is 0 Å². The van der Waals surface area contributed by atoms with E-state index in [9.17, 15) is 9.90 Å². The number of rotatable bonds is 7. The monoisotopic (exact) mass is 287 g/mol. The molecule has 2 N–H and O–H groups in total. The number of benzene rings is 1. The van der Waals surface area contributed by atoms with E-state index in [0.29, 0.717) is 6.42 Å². The number of hydrogen-bond donors (Lipinski definition) is 2. The van der Waals surface area contributed by atoms with Crippen LogP contribution in [-0.2, 0) is 11.3 Å². The molecule has 0 saturated heterocycles. The molecule has 21 heavy (non-hydrogen) atoms. The zero-order valence-corrected chi connectivity index (χ0v) is 12.4. The molecule has 112 valence electrons. The van der Waals surface area contributed by atoms with Gasteiger partial charge in [-0.05, 0) is 26.8 Å². The van der Waals surface area contributed by atoms with Crippen LogP contribution in [-0.4, -0.2) is 33.2 Å². The highest BCUT2D eigenvalue weighted by Gasteiger charge is 2.30. The fraction of sp³-hybridized carbons (Fsp3) is 0.375. The van der Waals surface area contributed by atoms with Gasteiger partial charge in [0.2, 0.25) is 0 Å². The largest absolute Gasteiger partial charge is 0.480 e. The van der Waals surface area contributed by atoms with Crippen LogP contribution in [0.25, 0.3) is 11.4 Å². The van der Waals surface area contributed by atoms with Crippen molar-refractivity contribution in [2.75, 3.05) is 7.05 Å². The molecule has 0 amide bonds. The van der Waals surface area contributed by atoms with Crippen LogP contribution in [0, 0.1) is 0 Å². The summed E-state index contributed by atoms with van der Waals surface area (Å²) in [5, 5.41) is 12.1. The van der Waals surface area contributed by atoms with Gasteiger partial charge in [0.05, 0.1) is 0 Å². The highest BCUT2D eigenvalue weighted by molar-refractivity contribution is 5.78. The lowest BCUT2D eigenvalue weighted by molar-refractivity contribution is -0.144. The summed E-state index contributed by atoms with van der Waals surface area (Å²) in [4.78, 5) is 15.6. The third-order valence-corrected chi connectivity index (χ3v) is 3.85. The molecule has 0 bridgehead atoms. The van der Waals surface area contributed by atoms with Gasteiger partial charge in [0.25, 0.3) is 0 Å². The van der Waals surface area contributed by atoms with Gasteiger partial charge < -0.3 is 15.0 Å². The fourth-order valence-corrected chi connectivity index (χ4v) is 2.28. The van der Waals surface area contributed by atoms with Crippen LogP contribution in [0.15, 0.2) is 42.7 Å². The van der Waals surface area contributed by atoms with Crippen molar-refractivity contribution in [1.29, 1.82) is 0 Å². The molecule has 0 aliphatic heterocycles. The van der Waals surface area contributed by atoms with Gasteiger partial charge in [-0.15, -0.1) is 0 Å². The molecule has 0 spiro atoms. The fourth-order valence-electron chi connectivity index (χ4n) is 2.28. The second-order valence-electron chi connectivity index (χ2n) is 5.30. The van der Waals surface area contributed by atoms with E-state index in [1.54, 1.807) is 20.2 Å². The highest BCUT2D eigenvalue weighted by atomic mass is 16.4. The standard InChI is InChI=1S/C16H21N3O2/c1-16(17-2,15(20)21)9-6-11-19-12-10-18-14(19)13-7-4-3-5-8-13/h3-5,7-8,10,12,17H,6,9,11H2,1-2H3,(H,20,21). The maximum absolute atomic E-state index is 11.3. The maximum atomic E-state index is 11.3. The molecule has 2 aromatic rings. The summed E-state index contributed by atoms with van der Waals surface area (Å²) in [5.74, 6) is 0.0935. The maximum Gasteiger partial charge on any atom is 0.323 e. The van der Waals surface area contributed by atoms with Crippen LogP contribution in [0.2, 0.25) is 0 Å². The van der Waals surface area contributed by atoms with Crippen molar-refractivity contribution in [2.24, 2.45) is 0 Å². The lowest BCUT2D eigenvalue weighted by Crippen LogP contribution is -2.47. The Morgan fingerprint density at radius 1 is 1.38 bits per heavy atom. The predicted octanol–water partition coefficient (Wildman–Crippen LogP) is 2.39. The van der Waals surface area contributed by atoms with Crippen LogP contribution in [0.3, 0.4) is 0 Å². The van der Waals surface area contributed by atoms with Crippen LogP contribution in [0.5, 0.6) is 0 Å². The number of carbonyl (C=O) groups is 1. The van der Waals surface area contributed by atoms with Gasteiger partial charge in [0.15, 0.2) is 0 Å². The van der Waals surface area contributed by atoms with E-state index in [0.717, 1.165) is 24.4 Å². The molecule has 1 unspecified atom stereocenters. The van der Waals surface area contributed by atoms with E-state index in [1.807, 2.05) is 36.5 Å². The van der Waals surface area contributed by atoms with Crippen LogP contribution in [0.4, 0.5) is 0 Å². The minimum absolute atomic E-state index is 0.561. The number of carboxylic acid groups (broad SMARTS) is 1. The van der Waals surface area contributed by atoms with E-state index in [4.69, 9.17) is 0 Å². The van der Waals surface area contributed by atoms with E-state index < -0.39 is 11.5 Å². The van der Waals surface area contributed by atoms with Gasteiger partial charge in [0, 0.05) is 24.5 Å². The number of carboxylic acids is 1. The quantitative estimate of drug-likeness (QED) is 0.820. The van der Waals surface area contributed by atoms with E-state index in [-0.39, 0.29) is 0 Å². The summed E-state index contributed by atoms with van der Waals surface area (Å²) >= 11 is 0. The average Bonchev–Trinajstić information content (AvgIpc) is 2.96. The molecule has 0 fully saturated rings. The van der Waals surface area contributed by atoms with E-state index in [1.165, 1.54) is 0 Å². The molecule has 1 aromatic carbocycles. The zero-order chi connectivity index (χ0) is 15.3. The summed E-state index contributed by atoms with van der Waals surface area (Å²) in [5.41, 5.74) is 0.185. The molecule has 0 saturated carbocycles. The first-order valence-corrected chi connectivity index (χ1v) is 7.06. The number of hydrogen-bond acceptors (Lipinski definition) is 3. The van der Waals surface area contributed by atoms with Crippen molar-refractivity contribution >= 4 is 5.97 Å². The first-order valence-electron chi connectivity index (χ1n) is 7.06. The summed E-state index contributed by atoms with van der Waals surface area (Å²) in [7, 11) is 1.68. The number of likely N-dealkylation sites (N-methyl/N-ethyl adjacent to an activating group) is 1. The second kappa shape index (κ2) is 6.54. The molecular weight excluding hydrogens is 266 g/mol. The SMILES string of the molecule is CNC(C)(CCCn1ccnc1-c1ccccc1)C(=O)O. The zero-order valence-electron chi connectivity index (χ0n) is 12.4. The molecule has 1 heterocycles. The molecule has 0 radical (unpaired) electrons. The summed E-state index contributed by atoms with van der Waals surface area (Å²) in [6.07, 6.45) is 5.03. The first kappa shape index (κ1) is 15.3. The Balaban J connectivity index is 2.03. The van der Waals surface area contributed by atoms with E-state index >= 15 is 0 Å². The lowest BCUT2D eigenvalue weighted by Gasteiger charge is -2.24. The smallest absolute Gasteiger partial charge is 0.323 e. The topological polar surface area (TPSA) is 67.2 Å². The van der Waals surface area contributed by atoms with Crippen LogP contribution >= 0.6 is 0 Å². The Bertz CT molecular complexity index is 595. The van der Waals surface area contributed by atoms with Gasteiger partial charge in [0.1, 0.15) is 11.4 Å². The molecule has 2 rings (SSSR count). The molecule has 5 nitrogen and oxygen atoms in total. The van der Waals surface area contributed by atoms with Crippen molar-refractivity contribution < 1.29 is 9.90 Å².